The molecule has 1 aliphatic heterocycles. The number of hydrogen-bond acceptors (Lipinski definition) is 4. The SMILES string of the molecule is COc1ccc(/C=C2/SC(=Nc3ccc(Br)cc3)NC2=O)cc1. The Labute approximate surface area is 146 Å². The molecule has 1 saturated heterocycles. The fourth-order valence-electron chi connectivity index (χ4n) is 1.96. The van der Waals surface area contributed by atoms with Crippen molar-refractivity contribution in [3.05, 3.63) is 63.5 Å². The van der Waals surface area contributed by atoms with Crippen LogP contribution in [-0.4, -0.2) is 18.2 Å². The third kappa shape index (κ3) is 4.03. The third-order valence-electron chi connectivity index (χ3n) is 3.12. The summed E-state index contributed by atoms with van der Waals surface area (Å²) in [6, 6.07) is 15.1. The number of benzene rings is 2. The van der Waals surface area contributed by atoms with Crippen LogP contribution in [-0.2, 0) is 4.79 Å². The molecule has 0 atom stereocenters. The minimum atomic E-state index is -0.137. The first-order valence-corrected chi connectivity index (χ1v) is 8.44. The minimum Gasteiger partial charge on any atom is -0.497 e. The van der Waals surface area contributed by atoms with E-state index in [0.29, 0.717) is 10.1 Å². The van der Waals surface area contributed by atoms with Crippen LogP contribution in [0.4, 0.5) is 5.69 Å². The molecule has 1 N–H and O–H groups in total. The van der Waals surface area contributed by atoms with Gasteiger partial charge in [-0.1, -0.05) is 28.1 Å². The van der Waals surface area contributed by atoms with Gasteiger partial charge in [-0.15, -0.1) is 0 Å². The average molecular weight is 389 g/mol. The standard InChI is InChI=1S/C17H13BrN2O2S/c1-22-14-8-2-11(3-9-14)10-15-16(21)20-17(23-15)19-13-6-4-12(18)5-7-13/h2-10H,1H3,(H,19,20,21)/b15-10+. The van der Waals surface area contributed by atoms with Gasteiger partial charge in [-0.3, -0.25) is 4.79 Å². The number of thioether (sulfide) groups is 1. The van der Waals surface area contributed by atoms with E-state index in [1.807, 2.05) is 54.6 Å². The van der Waals surface area contributed by atoms with Gasteiger partial charge in [0, 0.05) is 4.47 Å². The van der Waals surface area contributed by atoms with Gasteiger partial charge < -0.3 is 10.1 Å². The summed E-state index contributed by atoms with van der Waals surface area (Å²) in [7, 11) is 1.62. The quantitative estimate of drug-likeness (QED) is 0.795. The molecule has 116 valence electrons. The van der Waals surface area contributed by atoms with Gasteiger partial charge in [0.05, 0.1) is 17.7 Å². The van der Waals surface area contributed by atoms with E-state index in [9.17, 15) is 4.79 Å². The van der Waals surface area contributed by atoms with Crippen LogP contribution >= 0.6 is 27.7 Å². The molecule has 0 saturated carbocycles. The van der Waals surface area contributed by atoms with E-state index < -0.39 is 0 Å². The van der Waals surface area contributed by atoms with Crippen molar-refractivity contribution in [1.82, 2.24) is 5.32 Å². The number of carbonyl (C=O) groups is 1. The lowest BCUT2D eigenvalue weighted by atomic mass is 10.2. The average Bonchev–Trinajstić information content (AvgIpc) is 2.90. The maximum atomic E-state index is 12.0. The molecule has 0 unspecified atom stereocenters. The Morgan fingerprint density at radius 2 is 1.83 bits per heavy atom. The second-order valence-electron chi connectivity index (χ2n) is 4.73. The van der Waals surface area contributed by atoms with Gasteiger partial charge in [0.25, 0.3) is 5.91 Å². The molecule has 4 nitrogen and oxygen atoms in total. The molecule has 0 radical (unpaired) electrons. The molecule has 6 heteroatoms. The van der Waals surface area contributed by atoms with E-state index in [4.69, 9.17) is 4.74 Å². The Hall–Kier alpha value is -2.05. The van der Waals surface area contributed by atoms with E-state index >= 15 is 0 Å². The molecule has 1 amide bonds. The van der Waals surface area contributed by atoms with Crippen molar-refractivity contribution < 1.29 is 9.53 Å². The fraction of sp³-hybridized carbons (Fsp3) is 0.0588. The number of nitrogens with zero attached hydrogens (tertiary/aromatic N) is 1. The Morgan fingerprint density at radius 1 is 1.13 bits per heavy atom. The smallest absolute Gasteiger partial charge is 0.264 e. The zero-order chi connectivity index (χ0) is 16.2. The molecule has 3 rings (SSSR count). The molecule has 2 aromatic rings. The normalized spacial score (nSPS) is 17.6. The molecule has 0 bridgehead atoms. The number of aliphatic imine (C=N–C) groups is 1. The highest BCUT2D eigenvalue weighted by Crippen LogP contribution is 2.28. The summed E-state index contributed by atoms with van der Waals surface area (Å²) in [6.45, 7) is 0. The second-order valence-corrected chi connectivity index (χ2v) is 6.68. The lowest BCUT2D eigenvalue weighted by Crippen LogP contribution is -2.19. The summed E-state index contributed by atoms with van der Waals surface area (Å²) >= 11 is 4.71. The van der Waals surface area contributed by atoms with E-state index in [0.717, 1.165) is 21.5 Å². The van der Waals surface area contributed by atoms with Crippen LogP contribution < -0.4 is 10.1 Å². The van der Waals surface area contributed by atoms with Crippen LogP contribution in [0.5, 0.6) is 5.75 Å². The van der Waals surface area contributed by atoms with Crippen molar-refractivity contribution in [1.29, 1.82) is 0 Å². The Balaban J connectivity index is 1.78. The predicted octanol–water partition coefficient (Wildman–Crippen LogP) is 4.35. The van der Waals surface area contributed by atoms with Crippen molar-refractivity contribution >= 4 is 50.5 Å². The van der Waals surface area contributed by atoms with E-state index in [2.05, 4.69) is 26.2 Å². The monoisotopic (exact) mass is 388 g/mol. The highest BCUT2D eigenvalue weighted by molar-refractivity contribution is 9.10. The molecule has 1 aliphatic rings. The number of rotatable bonds is 3. The molecule has 0 spiro atoms. The summed E-state index contributed by atoms with van der Waals surface area (Å²) in [5, 5.41) is 3.36. The highest BCUT2D eigenvalue weighted by Gasteiger charge is 2.23. The topological polar surface area (TPSA) is 50.7 Å². The first-order chi connectivity index (χ1) is 11.1. The first kappa shape index (κ1) is 15.8. The lowest BCUT2D eigenvalue weighted by molar-refractivity contribution is -0.115. The molecule has 23 heavy (non-hydrogen) atoms. The lowest BCUT2D eigenvalue weighted by Gasteiger charge is -1.99. The number of ether oxygens (including phenoxy) is 1. The van der Waals surface area contributed by atoms with Crippen molar-refractivity contribution in [3.8, 4) is 5.75 Å². The predicted molar refractivity (Wildman–Crippen MR) is 97.9 cm³/mol. The second kappa shape index (κ2) is 7.02. The van der Waals surface area contributed by atoms with Crippen LogP contribution in [0.2, 0.25) is 0 Å². The van der Waals surface area contributed by atoms with Crippen LogP contribution in [0.25, 0.3) is 6.08 Å². The summed E-state index contributed by atoms with van der Waals surface area (Å²) in [5.41, 5.74) is 1.73. The number of amidine groups is 1. The van der Waals surface area contributed by atoms with E-state index in [1.165, 1.54) is 11.8 Å². The molecule has 1 heterocycles. The summed E-state index contributed by atoms with van der Waals surface area (Å²) in [5.74, 6) is 0.648. The van der Waals surface area contributed by atoms with Gasteiger partial charge >= 0.3 is 0 Å². The van der Waals surface area contributed by atoms with E-state index in [1.54, 1.807) is 7.11 Å². The third-order valence-corrected chi connectivity index (χ3v) is 4.56. The van der Waals surface area contributed by atoms with Crippen LogP contribution in [0, 0.1) is 0 Å². The summed E-state index contributed by atoms with van der Waals surface area (Å²) in [4.78, 5) is 17.1. The maximum absolute atomic E-state index is 12.0. The molecular weight excluding hydrogens is 376 g/mol. The highest BCUT2D eigenvalue weighted by atomic mass is 79.9. The Kier molecular flexibility index (Phi) is 4.83. The molecule has 1 fully saturated rings. The minimum absolute atomic E-state index is 0.137. The zero-order valence-electron chi connectivity index (χ0n) is 12.2. The number of amides is 1. The number of carbonyl (C=O) groups excluding carboxylic acids is 1. The van der Waals surface area contributed by atoms with Gasteiger partial charge in [0.2, 0.25) is 0 Å². The Bertz CT molecular complexity index is 783. The van der Waals surface area contributed by atoms with Crippen molar-refractivity contribution in [2.45, 2.75) is 0 Å². The van der Waals surface area contributed by atoms with Crippen molar-refractivity contribution in [3.63, 3.8) is 0 Å². The largest absolute Gasteiger partial charge is 0.497 e. The first-order valence-electron chi connectivity index (χ1n) is 6.83. The molecule has 0 aliphatic carbocycles. The number of halogens is 1. The van der Waals surface area contributed by atoms with Crippen molar-refractivity contribution in [2.75, 3.05) is 7.11 Å². The number of hydrogen-bond donors (Lipinski definition) is 1. The number of nitrogens with one attached hydrogen (secondary N) is 1. The Morgan fingerprint density at radius 3 is 2.48 bits per heavy atom. The molecule has 0 aromatic heterocycles. The molecular formula is C17H13BrN2O2S. The van der Waals surface area contributed by atoms with Gasteiger partial charge in [-0.2, -0.15) is 0 Å². The molecule has 2 aromatic carbocycles. The maximum Gasteiger partial charge on any atom is 0.264 e. The number of methoxy groups -OCH3 is 1. The van der Waals surface area contributed by atoms with E-state index in [-0.39, 0.29) is 5.91 Å². The van der Waals surface area contributed by atoms with Gasteiger partial charge in [0.15, 0.2) is 5.17 Å². The van der Waals surface area contributed by atoms with Crippen LogP contribution in [0.1, 0.15) is 5.56 Å². The van der Waals surface area contributed by atoms with Crippen LogP contribution in [0.15, 0.2) is 62.9 Å². The summed E-state index contributed by atoms with van der Waals surface area (Å²) < 4.78 is 6.11. The van der Waals surface area contributed by atoms with Crippen molar-refractivity contribution in [2.24, 2.45) is 4.99 Å². The summed E-state index contributed by atoms with van der Waals surface area (Å²) in [6.07, 6.45) is 1.84. The fourth-order valence-corrected chi connectivity index (χ4v) is 3.07. The van der Waals surface area contributed by atoms with Gasteiger partial charge in [-0.05, 0) is 59.8 Å². The zero-order valence-corrected chi connectivity index (χ0v) is 14.6. The van der Waals surface area contributed by atoms with Crippen LogP contribution in [0.3, 0.4) is 0 Å². The van der Waals surface area contributed by atoms with Gasteiger partial charge in [0.1, 0.15) is 5.75 Å². The van der Waals surface area contributed by atoms with Gasteiger partial charge in [-0.25, -0.2) is 4.99 Å².